The van der Waals surface area contributed by atoms with Gasteiger partial charge in [-0.3, -0.25) is 0 Å². The van der Waals surface area contributed by atoms with Crippen LogP contribution in [0.5, 0.6) is 0 Å². The van der Waals surface area contributed by atoms with Crippen molar-refractivity contribution in [3.8, 4) is 0 Å². The van der Waals surface area contributed by atoms with Crippen molar-refractivity contribution < 1.29 is 0 Å². The molecule has 0 N–H and O–H groups in total. The van der Waals surface area contributed by atoms with Crippen LogP contribution in [-0.2, 0) is 6.42 Å². The Bertz CT molecular complexity index is 286. The summed E-state index contributed by atoms with van der Waals surface area (Å²) in [6.45, 7) is 8.41. The van der Waals surface area contributed by atoms with E-state index in [0.29, 0.717) is 0 Å². The highest BCUT2D eigenvalue weighted by Gasteiger charge is 2.02. The zero-order valence-electron chi connectivity index (χ0n) is 9.29. The lowest BCUT2D eigenvalue weighted by Gasteiger charge is -2.09. The molecule has 1 aromatic rings. The summed E-state index contributed by atoms with van der Waals surface area (Å²) in [7, 11) is 0. The van der Waals surface area contributed by atoms with Gasteiger partial charge in [0.05, 0.1) is 0 Å². The molecule has 0 saturated carbocycles. The van der Waals surface area contributed by atoms with E-state index in [1.807, 2.05) is 6.08 Å². The first-order chi connectivity index (χ1) is 6.77. The third kappa shape index (κ3) is 3.02. The van der Waals surface area contributed by atoms with Gasteiger partial charge in [-0.05, 0) is 29.9 Å². The van der Waals surface area contributed by atoms with E-state index in [4.69, 9.17) is 0 Å². The molecule has 0 bridgehead atoms. The minimum absolute atomic E-state index is 0.827. The number of hydrogen-bond acceptors (Lipinski definition) is 0. The SMILES string of the molecule is C=Cc1ccccc1CCC(C)CC. The van der Waals surface area contributed by atoms with Crippen LogP contribution in [0, 0.1) is 5.92 Å². The lowest BCUT2D eigenvalue weighted by atomic mass is 9.96. The lowest BCUT2D eigenvalue weighted by molar-refractivity contribution is 0.516. The highest BCUT2D eigenvalue weighted by Crippen LogP contribution is 2.16. The van der Waals surface area contributed by atoms with Crippen molar-refractivity contribution in [3.05, 3.63) is 42.0 Å². The van der Waals surface area contributed by atoms with Gasteiger partial charge in [-0.15, -0.1) is 0 Å². The molecule has 0 nitrogen and oxygen atoms in total. The normalized spacial score (nSPS) is 12.4. The van der Waals surface area contributed by atoms with Crippen LogP contribution in [-0.4, -0.2) is 0 Å². The molecule has 0 aliphatic carbocycles. The third-order valence-corrected chi connectivity index (χ3v) is 2.88. The van der Waals surface area contributed by atoms with E-state index in [1.54, 1.807) is 0 Å². The zero-order valence-corrected chi connectivity index (χ0v) is 9.29. The summed E-state index contributed by atoms with van der Waals surface area (Å²) in [6.07, 6.45) is 5.68. The van der Waals surface area contributed by atoms with Gasteiger partial charge >= 0.3 is 0 Å². The molecule has 0 saturated heterocycles. The second kappa shape index (κ2) is 5.64. The maximum absolute atomic E-state index is 3.84. The summed E-state index contributed by atoms with van der Waals surface area (Å²) in [5, 5.41) is 0. The van der Waals surface area contributed by atoms with E-state index in [2.05, 4.69) is 44.7 Å². The van der Waals surface area contributed by atoms with Crippen LogP contribution in [0.1, 0.15) is 37.8 Å². The van der Waals surface area contributed by atoms with Crippen molar-refractivity contribution in [2.75, 3.05) is 0 Å². The van der Waals surface area contributed by atoms with Gasteiger partial charge in [0.1, 0.15) is 0 Å². The van der Waals surface area contributed by atoms with E-state index in [0.717, 1.165) is 5.92 Å². The van der Waals surface area contributed by atoms with E-state index in [9.17, 15) is 0 Å². The Kier molecular flexibility index (Phi) is 4.45. The average molecular weight is 188 g/mol. The van der Waals surface area contributed by atoms with E-state index in [-0.39, 0.29) is 0 Å². The first-order valence-electron chi connectivity index (χ1n) is 5.48. The van der Waals surface area contributed by atoms with Crippen LogP contribution in [0.4, 0.5) is 0 Å². The molecule has 0 heteroatoms. The molecule has 1 rings (SSSR count). The Hall–Kier alpha value is -1.04. The number of benzene rings is 1. The van der Waals surface area contributed by atoms with Crippen LogP contribution in [0.15, 0.2) is 30.8 Å². The number of aryl methyl sites for hydroxylation is 1. The van der Waals surface area contributed by atoms with E-state index >= 15 is 0 Å². The molecule has 0 heterocycles. The van der Waals surface area contributed by atoms with Crippen LogP contribution in [0.25, 0.3) is 6.08 Å². The van der Waals surface area contributed by atoms with Crippen LogP contribution in [0.3, 0.4) is 0 Å². The molecule has 0 fully saturated rings. The summed E-state index contributed by atoms with van der Waals surface area (Å²) in [4.78, 5) is 0. The van der Waals surface area contributed by atoms with Crippen molar-refractivity contribution in [1.29, 1.82) is 0 Å². The van der Waals surface area contributed by atoms with Crippen molar-refractivity contribution in [3.63, 3.8) is 0 Å². The van der Waals surface area contributed by atoms with Gasteiger partial charge in [0.15, 0.2) is 0 Å². The molecule has 0 aliphatic heterocycles. The molecular weight excluding hydrogens is 168 g/mol. The Morgan fingerprint density at radius 3 is 2.71 bits per heavy atom. The fourth-order valence-corrected chi connectivity index (χ4v) is 1.57. The average Bonchev–Trinajstić information content (AvgIpc) is 2.26. The fourth-order valence-electron chi connectivity index (χ4n) is 1.57. The molecule has 76 valence electrons. The van der Waals surface area contributed by atoms with Crippen molar-refractivity contribution >= 4 is 6.08 Å². The van der Waals surface area contributed by atoms with Crippen LogP contribution >= 0.6 is 0 Å². The molecule has 14 heavy (non-hydrogen) atoms. The Balaban J connectivity index is 2.61. The minimum atomic E-state index is 0.827. The number of rotatable bonds is 5. The summed E-state index contributed by atoms with van der Waals surface area (Å²) in [6, 6.07) is 8.53. The van der Waals surface area contributed by atoms with Gasteiger partial charge in [0.25, 0.3) is 0 Å². The van der Waals surface area contributed by atoms with Gasteiger partial charge in [0, 0.05) is 0 Å². The molecule has 1 atom stereocenters. The molecule has 1 unspecified atom stereocenters. The highest BCUT2D eigenvalue weighted by molar-refractivity contribution is 5.51. The van der Waals surface area contributed by atoms with Crippen molar-refractivity contribution in [1.82, 2.24) is 0 Å². The second-order valence-corrected chi connectivity index (χ2v) is 3.96. The third-order valence-electron chi connectivity index (χ3n) is 2.88. The van der Waals surface area contributed by atoms with E-state index in [1.165, 1.54) is 30.4 Å². The Morgan fingerprint density at radius 2 is 2.07 bits per heavy atom. The summed E-state index contributed by atoms with van der Waals surface area (Å²) < 4.78 is 0. The topological polar surface area (TPSA) is 0 Å². The van der Waals surface area contributed by atoms with Gasteiger partial charge < -0.3 is 0 Å². The largest absolute Gasteiger partial charge is 0.0985 e. The second-order valence-electron chi connectivity index (χ2n) is 3.96. The molecule has 0 radical (unpaired) electrons. The van der Waals surface area contributed by atoms with Crippen LogP contribution in [0.2, 0.25) is 0 Å². The molecule has 0 aromatic heterocycles. The maximum atomic E-state index is 3.84. The summed E-state index contributed by atoms with van der Waals surface area (Å²) in [5.74, 6) is 0.827. The predicted molar refractivity (Wildman–Crippen MR) is 64.3 cm³/mol. The van der Waals surface area contributed by atoms with Gasteiger partial charge in [-0.1, -0.05) is 57.2 Å². The minimum Gasteiger partial charge on any atom is -0.0985 e. The zero-order chi connectivity index (χ0) is 10.4. The van der Waals surface area contributed by atoms with Gasteiger partial charge in [0.2, 0.25) is 0 Å². The molecular formula is C14H20. The summed E-state index contributed by atoms with van der Waals surface area (Å²) in [5.41, 5.74) is 2.72. The lowest BCUT2D eigenvalue weighted by Crippen LogP contribution is -1.96. The summed E-state index contributed by atoms with van der Waals surface area (Å²) >= 11 is 0. The van der Waals surface area contributed by atoms with Crippen molar-refractivity contribution in [2.24, 2.45) is 5.92 Å². The smallest absolute Gasteiger partial charge is 0.0230 e. The van der Waals surface area contributed by atoms with Gasteiger partial charge in [-0.2, -0.15) is 0 Å². The molecule has 0 aliphatic rings. The fraction of sp³-hybridized carbons (Fsp3) is 0.429. The molecule has 0 amide bonds. The number of hydrogen-bond donors (Lipinski definition) is 0. The van der Waals surface area contributed by atoms with Crippen molar-refractivity contribution in [2.45, 2.75) is 33.1 Å². The maximum Gasteiger partial charge on any atom is -0.0230 e. The Morgan fingerprint density at radius 1 is 1.36 bits per heavy atom. The first-order valence-corrected chi connectivity index (χ1v) is 5.48. The standard InChI is InChI=1S/C14H20/c1-4-12(3)10-11-14-9-7-6-8-13(14)5-2/h5-9,12H,2,4,10-11H2,1,3H3. The monoisotopic (exact) mass is 188 g/mol. The van der Waals surface area contributed by atoms with Gasteiger partial charge in [-0.25, -0.2) is 0 Å². The Labute approximate surface area is 87.7 Å². The quantitative estimate of drug-likeness (QED) is 0.646. The van der Waals surface area contributed by atoms with Crippen LogP contribution < -0.4 is 0 Å². The predicted octanol–water partition coefficient (Wildman–Crippen LogP) is 4.31. The molecule has 1 aromatic carbocycles. The highest BCUT2D eigenvalue weighted by atomic mass is 14.1. The first kappa shape index (κ1) is 11.0. The molecule has 0 spiro atoms. The van der Waals surface area contributed by atoms with E-state index < -0.39 is 0 Å².